The van der Waals surface area contributed by atoms with Gasteiger partial charge in [0, 0.05) is 23.5 Å². The molecule has 0 aliphatic carbocycles. The van der Waals surface area contributed by atoms with Crippen LogP contribution < -0.4 is 0 Å². The maximum absolute atomic E-state index is 12.0. The van der Waals surface area contributed by atoms with E-state index in [1.54, 1.807) is 12.1 Å². The fourth-order valence-electron chi connectivity index (χ4n) is 2.05. The minimum Gasteiger partial charge on any atom is -0.392 e. The second-order valence-corrected chi connectivity index (χ2v) is 9.09. The lowest BCUT2D eigenvalue weighted by atomic mass is 10.2. The molecule has 0 radical (unpaired) electrons. The van der Waals surface area contributed by atoms with Crippen LogP contribution in [0.2, 0.25) is 20.4 Å². The van der Waals surface area contributed by atoms with Crippen molar-refractivity contribution in [2.45, 2.75) is 25.0 Å². The maximum Gasteiger partial charge on any atom is 0.297 e. The van der Waals surface area contributed by atoms with Crippen LogP contribution in [0.3, 0.4) is 0 Å². The van der Waals surface area contributed by atoms with Gasteiger partial charge in [0.1, 0.15) is 10.3 Å². The van der Waals surface area contributed by atoms with Gasteiger partial charge in [-0.3, -0.25) is 4.18 Å². The second-order valence-electron chi connectivity index (χ2n) is 5.88. The topological polar surface area (TPSA) is 89.4 Å². The molecule has 0 aliphatic heterocycles. The summed E-state index contributed by atoms with van der Waals surface area (Å²) in [7, 11) is -3.83. The van der Waals surface area contributed by atoms with Crippen molar-refractivity contribution in [3.63, 3.8) is 0 Å². The predicted molar refractivity (Wildman–Crippen MR) is 118 cm³/mol. The highest BCUT2D eigenvalue weighted by Crippen LogP contribution is 2.22. The lowest BCUT2D eigenvalue weighted by Gasteiger charge is -2.07. The Kier molecular flexibility index (Phi) is 9.31. The number of benzene rings is 1. The highest BCUT2D eigenvalue weighted by molar-refractivity contribution is 7.86. The molecule has 3 rings (SSSR count). The predicted octanol–water partition coefficient (Wildman–Crippen LogP) is 5.48. The van der Waals surface area contributed by atoms with E-state index < -0.39 is 10.1 Å². The van der Waals surface area contributed by atoms with Gasteiger partial charge in [-0.25, -0.2) is 9.97 Å². The van der Waals surface area contributed by atoms with Crippen LogP contribution in [0.1, 0.15) is 16.7 Å². The molecule has 0 saturated carbocycles. The summed E-state index contributed by atoms with van der Waals surface area (Å²) in [6.07, 6.45) is 2.76. The van der Waals surface area contributed by atoms with Gasteiger partial charge >= 0.3 is 0 Å². The summed E-state index contributed by atoms with van der Waals surface area (Å²) >= 11 is 22.8. The third-order valence-electron chi connectivity index (χ3n) is 3.65. The number of aromatic nitrogens is 2. The highest BCUT2D eigenvalue weighted by atomic mass is 35.5. The molecule has 1 N–H and O–H groups in total. The quantitative estimate of drug-likeness (QED) is 0.361. The van der Waals surface area contributed by atoms with Crippen molar-refractivity contribution in [2.24, 2.45) is 0 Å². The van der Waals surface area contributed by atoms with Gasteiger partial charge in [0.15, 0.2) is 0 Å². The molecule has 0 aliphatic rings. The Hall–Kier alpha value is -1.45. The molecule has 6 nitrogen and oxygen atoms in total. The SMILES string of the molecule is Cc1ccc(S(=O)(=O)OCc2cc(Cl)ncc2Cl)cc1.OCc1cc(Cl)ncc1Cl. The third-order valence-corrected chi connectivity index (χ3v) is 6.02. The average Bonchev–Trinajstić information content (AvgIpc) is 2.71. The summed E-state index contributed by atoms with van der Waals surface area (Å²) in [6.45, 7) is 1.56. The van der Waals surface area contributed by atoms with E-state index in [-0.39, 0.29) is 23.3 Å². The summed E-state index contributed by atoms with van der Waals surface area (Å²) in [5, 5.41) is 9.97. The number of nitrogens with zero attached hydrogens (tertiary/aromatic N) is 2. The van der Waals surface area contributed by atoms with E-state index in [0.29, 0.717) is 26.3 Å². The van der Waals surface area contributed by atoms with Crippen molar-refractivity contribution < 1.29 is 17.7 Å². The van der Waals surface area contributed by atoms with Crippen LogP contribution in [0, 0.1) is 6.92 Å². The number of hydrogen-bond donors (Lipinski definition) is 1. The molecule has 2 heterocycles. The Labute approximate surface area is 194 Å². The van der Waals surface area contributed by atoms with E-state index in [0.717, 1.165) is 5.56 Å². The molecule has 0 bridgehead atoms. The standard InChI is InChI=1S/C13H11Cl2NO3S.C6H5Cl2NO/c1-9-2-4-11(5-3-9)20(17,18)19-8-10-6-13(15)16-7-12(10)14;7-5-2-9-6(8)1-4(5)3-10/h2-7H,8H2,1H3;1-2,10H,3H2. The fourth-order valence-corrected chi connectivity index (χ4v) is 3.62. The smallest absolute Gasteiger partial charge is 0.297 e. The summed E-state index contributed by atoms with van der Waals surface area (Å²) in [5.74, 6) is 0. The van der Waals surface area contributed by atoms with Crippen LogP contribution in [0.4, 0.5) is 0 Å². The zero-order valence-corrected chi connectivity index (χ0v) is 19.4. The van der Waals surface area contributed by atoms with Gasteiger partial charge in [-0.1, -0.05) is 64.1 Å². The van der Waals surface area contributed by atoms with Crippen LogP contribution >= 0.6 is 46.4 Å². The fraction of sp³-hybridized carbons (Fsp3) is 0.158. The van der Waals surface area contributed by atoms with Gasteiger partial charge < -0.3 is 5.11 Å². The number of rotatable bonds is 5. The maximum atomic E-state index is 12.0. The van der Waals surface area contributed by atoms with Crippen molar-refractivity contribution in [1.82, 2.24) is 9.97 Å². The summed E-state index contributed by atoms with van der Waals surface area (Å²) in [6, 6.07) is 9.38. The lowest BCUT2D eigenvalue weighted by molar-refractivity contribution is 0.282. The van der Waals surface area contributed by atoms with Crippen LogP contribution in [0.5, 0.6) is 0 Å². The van der Waals surface area contributed by atoms with Crippen molar-refractivity contribution in [2.75, 3.05) is 0 Å². The van der Waals surface area contributed by atoms with E-state index in [1.165, 1.54) is 36.7 Å². The first kappa shape index (κ1) is 24.8. The second kappa shape index (κ2) is 11.2. The van der Waals surface area contributed by atoms with E-state index in [2.05, 4.69) is 9.97 Å². The molecule has 0 unspecified atom stereocenters. The minimum absolute atomic E-state index is 0.0966. The molecule has 0 fully saturated rings. The average molecular weight is 510 g/mol. The van der Waals surface area contributed by atoms with Crippen LogP contribution in [0.25, 0.3) is 0 Å². The Morgan fingerprint density at radius 2 is 1.40 bits per heavy atom. The molecule has 0 spiro atoms. The lowest BCUT2D eigenvalue weighted by Crippen LogP contribution is -2.07. The van der Waals surface area contributed by atoms with Gasteiger partial charge in [0.25, 0.3) is 10.1 Å². The third kappa shape index (κ3) is 7.35. The van der Waals surface area contributed by atoms with E-state index >= 15 is 0 Å². The minimum atomic E-state index is -3.83. The van der Waals surface area contributed by atoms with Crippen molar-refractivity contribution in [3.05, 3.63) is 85.8 Å². The Morgan fingerprint density at radius 1 is 0.900 bits per heavy atom. The van der Waals surface area contributed by atoms with Gasteiger partial charge in [-0.05, 0) is 31.2 Å². The van der Waals surface area contributed by atoms with Gasteiger partial charge in [0.2, 0.25) is 0 Å². The Bertz CT molecular complexity index is 1110. The molecule has 1 aromatic carbocycles. The number of aliphatic hydroxyl groups is 1. The molecule has 0 atom stereocenters. The molecule has 0 saturated heterocycles. The Balaban J connectivity index is 0.000000269. The van der Waals surface area contributed by atoms with Crippen LogP contribution in [-0.2, 0) is 27.5 Å². The van der Waals surface area contributed by atoms with E-state index in [4.69, 9.17) is 55.7 Å². The molecule has 0 amide bonds. The number of pyridine rings is 2. The zero-order chi connectivity index (χ0) is 22.3. The first-order chi connectivity index (χ1) is 14.1. The normalized spacial score (nSPS) is 11.0. The first-order valence-electron chi connectivity index (χ1n) is 8.29. The summed E-state index contributed by atoms with van der Waals surface area (Å²) in [5.41, 5.74) is 2.02. The van der Waals surface area contributed by atoms with Crippen molar-refractivity contribution in [1.29, 1.82) is 0 Å². The van der Waals surface area contributed by atoms with Crippen molar-refractivity contribution in [3.8, 4) is 0 Å². The van der Waals surface area contributed by atoms with E-state index in [9.17, 15) is 8.42 Å². The van der Waals surface area contributed by atoms with Crippen LogP contribution in [-0.4, -0.2) is 23.5 Å². The number of aliphatic hydroxyl groups excluding tert-OH is 1. The highest BCUT2D eigenvalue weighted by Gasteiger charge is 2.16. The molecule has 11 heteroatoms. The monoisotopic (exact) mass is 508 g/mol. The molecule has 2 aromatic heterocycles. The molecule has 30 heavy (non-hydrogen) atoms. The molecular formula is C19H16Cl4N2O4S. The van der Waals surface area contributed by atoms with E-state index in [1.807, 2.05) is 6.92 Å². The zero-order valence-electron chi connectivity index (χ0n) is 15.5. The van der Waals surface area contributed by atoms with Gasteiger partial charge in [-0.2, -0.15) is 8.42 Å². The first-order valence-corrected chi connectivity index (χ1v) is 11.2. The molecule has 3 aromatic rings. The van der Waals surface area contributed by atoms with Gasteiger partial charge in [0.05, 0.1) is 28.2 Å². The molecular weight excluding hydrogens is 494 g/mol. The van der Waals surface area contributed by atoms with Crippen LogP contribution in [0.15, 0.2) is 53.7 Å². The largest absolute Gasteiger partial charge is 0.392 e. The Morgan fingerprint density at radius 3 is 1.90 bits per heavy atom. The number of aryl methyl sites for hydroxylation is 1. The number of halogens is 4. The van der Waals surface area contributed by atoms with Gasteiger partial charge in [-0.15, -0.1) is 0 Å². The van der Waals surface area contributed by atoms with Crippen molar-refractivity contribution >= 4 is 56.5 Å². The summed E-state index contributed by atoms with van der Waals surface area (Å²) in [4.78, 5) is 7.59. The number of hydrogen-bond acceptors (Lipinski definition) is 6. The molecule has 160 valence electrons. The summed E-state index contributed by atoms with van der Waals surface area (Å²) < 4.78 is 29.0.